The Bertz CT molecular complexity index is 655. The third-order valence-corrected chi connectivity index (χ3v) is 6.47. The number of quaternary nitrogens is 2. The molecule has 1 rings (SSSR count). The molecule has 0 spiro atoms. The molecule has 1 N–H and O–H groups in total. The summed E-state index contributed by atoms with van der Waals surface area (Å²) in [6, 6.07) is -6.48. The molecule has 0 aromatic carbocycles. The average molecular weight is 422 g/mol. The van der Waals surface area contributed by atoms with Gasteiger partial charge in [-0.2, -0.15) is 21.7 Å². The number of halogens is 4. The lowest BCUT2D eigenvalue weighted by Gasteiger charge is -2.44. The van der Waals surface area contributed by atoms with Gasteiger partial charge in [-0.3, -0.25) is 4.55 Å². The predicted octanol–water partition coefficient (Wildman–Crippen LogP) is 2.85. The molecule has 0 bridgehead atoms. The van der Waals surface area contributed by atoms with Crippen molar-refractivity contribution >= 4 is 16.0 Å². The number of hydrogen-bond donors (Lipinski definition) is 1. The van der Waals surface area contributed by atoms with E-state index in [4.69, 9.17) is 4.55 Å². The zero-order chi connectivity index (χ0) is 21.3. The summed E-state index contributed by atoms with van der Waals surface area (Å²) in [5, 5.41) is -5.77. The Morgan fingerprint density at radius 3 is 2.15 bits per heavy atom. The van der Waals surface area contributed by atoms with Gasteiger partial charge in [-0.25, -0.2) is 4.79 Å². The van der Waals surface area contributed by atoms with Crippen LogP contribution < -0.4 is 0 Å². The van der Waals surface area contributed by atoms with Crippen molar-refractivity contribution in [1.29, 1.82) is 0 Å². The van der Waals surface area contributed by atoms with Crippen LogP contribution in [0.1, 0.15) is 46.0 Å². The van der Waals surface area contributed by atoms with E-state index in [1.165, 1.54) is 6.92 Å². The van der Waals surface area contributed by atoms with Crippen LogP contribution in [0.5, 0.6) is 0 Å². The molecule has 0 aromatic rings. The van der Waals surface area contributed by atoms with Crippen LogP contribution in [0.3, 0.4) is 0 Å². The van der Waals surface area contributed by atoms with Crippen LogP contribution in [0.4, 0.5) is 17.6 Å². The summed E-state index contributed by atoms with van der Waals surface area (Å²) in [6.45, 7) is 3.18. The lowest BCUT2D eigenvalue weighted by atomic mass is 10.2. The normalized spacial score (nSPS) is 25.2. The molecule has 0 radical (unpaired) electrons. The lowest BCUT2D eigenvalue weighted by Crippen LogP contribution is -2.73. The van der Waals surface area contributed by atoms with Crippen molar-refractivity contribution in [3.63, 3.8) is 0 Å². The first-order chi connectivity index (χ1) is 12.1. The lowest BCUT2D eigenvalue weighted by molar-refractivity contribution is -0.990. The number of likely N-dealkylation sites (N-methyl/N-ethyl adjacent to an activating group) is 1. The number of carbonyl (C=O) groups excluding carboxylic acids is 1. The van der Waals surface area contributed by atoms with E-state index in [0.29, 0.717) is 6.54 Å². The maximum absolute atomic E-state index is 14.9. The maximum Gasteiger partial charge on any atom is 0.491 e. The summed E-state index contributed by atoms with van der Waals surface area (Å²) < 4.78 is 86.9. The maximum atomic E-state index is 14.9. The van der Waals surface area contributed by atoms with Gasteiger partial charge in [-0.15, -0.1) is 8.78 Å². The van der Waals surface area contributed by atoms with Crippen molar-refractivity contribution in [3.8, 4) is 0 Å². The highest BCUT2D eigenvalue weighted by atomic mass is 32.2. The monoisotopic (exact) mass is 422 g/mol. The van der Waals surface area contributed by atoms with Crippen LogP contribution in [-0.4, -0.2) is 78.9 Å². The Labute approximate surface area is 158 Å². The quantitative estimate of drug-likeness (QED) is 0.193. The van der Waals surface area contributed by atoms with E-state index in [1.807, 2.05) is 6.92 Å². The van der Waals surface area contributed by atoms with Crippen molar-refractivity contribution in [3.05, 3.63) is 0 Å². The average Bonchev–Trinajstić information content (AvgIpc) is 2.80. The first kappa shape index (κ1) is 24.3. The topological polar surface area (TPSA) is 71.4 Å². The zero-order valence-corrected chi connectivity index (χ0v) is 17.0. The van der Waals surface area contributed by atoms with Gasteiger partial charge in [-0.05, 0) is 19.8 Å². The van der Waals surface area contributed by atoms with Crippen LogP contribution in [0.25, 0.3) is 0 Å². The molecule has 1 fully saturated rings. The second-order valence-corrected chi connectivity index (χ2v) is 9.46. The van der Waals surface area contributed by atoms with Gasteiger partial charge >= 0.3 is 27.3 Å². The van der Waals surface area contributed by atoms with Gasteiger partial charge < -0.3 is 4.48 Å². The van der Waals surface area contributed by atoms with Gasteiger partial charge in [0.05, 0.1) is 33.1 Å². The van der Waals surface area contributed by atoms with Crippen molar-refractivity contribution < 1.29 is 44.3 Å². The van der Waals surface area contributed by atoms with Gasteiger partial charge in [-0.1, -0.05) is 13.3 Å². The Kier molecular flexibility index (Phi) is 7.12. The van der Waals surface area contributed by atoms with E-state index in [1.54, 1.807) is 14.1 Å². The molecule has 6 nitrogen and oxygen atoms in total. The molecular weight excluding hydrogens is 392 g/mol. The van der Waals surface area contributed by atoms with E-state index < -0.39 is 44.4 Å². The van der Waals surface area contributed by atoms with Crippen LogP contribution in [0.2, 0.25) is 0 Å². The van der Waals surface area contributed by atoms with Gasteiger partial charge in [0.1, 0.15) is 13.1 Å². The molecule has 0 saturated carbocycles. The number of unbranched alkanes of at least 4 members (excludes halogenated alkanes) is 2. The highest BCUT2D eigenvalue weighted by Crippen LogP contribution is 2.50. The fourth-order valence-electron chi connectivity index (χ4n) is 3.63. The Hall–Kier alpha value is -0.780. The molecule has 1 saturated heterocycles. The number of likely N-dealkylation sites (tertiary alicyclic amines) is 1. The van der Waals surface area contributed by atoms with E-state index in [9.17, 15) is 30.8 Å². The van der Waals surface area contributed by atoms with Crippen molar-refractivity contribution in [2.75, 3.05) is 33.7 Å². The molecule has 0 aliphatic carbocycles. The molecule has 1 amide bonds. The molecule has 1 heterocycles. The second kappa shape index (κ2) is 7.92. The van der Waals surface area contributed by atoms with Crippen LogP contribution >= 0.6 is 0 Å². The summed E-state index contributed by atoms with van der Waals surface area (Å²) in [5.74, 6) is -1.13. The molecule has 2 unspecified atom stereocenters. The molecule has 11 heteroatoms. The minimum absolute atomic E-state index is 0.0169. The molecule has 0 aromatic heterocycles. The van der Waals surface area contributed by atoms with E-state index in [-0.39, 0.29) is 23.9 Å². The third kappa shape index (κ3) is 4.30. The summed E-state index contributed by atoms with van der Waals surface area (Å²) >= 11 is 0. The minimum Gasteiger partial charge on any atom is -0.324 e. The first-order valence-corrected chi connectivity index (χ1v) is 10.5. The highest BCUT2D eigenvalue weighted by molar-refractivity contribution is 7.86. The van der Waals surface area contributed by atoms with E-state index in [0.717, 1.165) is 19.3 Å². The molecule has 27 heavy (non-hydrogen) atoms. The van der Waals surface area contributed by atoms with Gasteiger partial charge in [0, 0.05) is 6.42 Å². The number of nitrogens with zero attached hydrogens (tertiary/aromatic N) is 2. The fourth-order valence-corrected chi connectivity index (χ4v) is 4.11. The molecule has 1 aliphatic rings. The predicted molar refractivity (Wildman–Crippen MR) is 91.6 cm³/mol. The summed E-state index contributed by atoms with van der Waals surface area (Å²) in [6.07, 6.45) is 2.29. The highest BCUT2D eigenvalue weighted by Gasteiger charge is 2.81. The van der Waals surface area contributed by atoms with Crippen molar-refractivity contribution in [2.24, 2.45) is 0 Å². The second-order valence-electron chi connectivity index (χ2n) is 8.00. The number of hydrogen-bond acceptors (Lipinski definition) is 3. The molecular formula is C16H30F4N2O4S+2. The fraction of sp³-hybridized carbons (Fsp3) is 0.938. The zero-order valence-electron chi connectivity index (χ0n) is 16.2. The number of amides is 1. The Morgan fingerprint density at radius 2 is 1.74 bits per heavy atom. The van der Waals surface area contributed by atoms with Crippen molar-refractivity contribution in [1.82, 2.24) is 0 Å². The van der Waals surface area contributed by atoms with Crippen molar-refractivity contribution in [2.45, 2.75) is 63.3 Å². The Balaban J connectivity index is 3.28. The number of rotatable bonds is 10. The van der Waals surface area contributed by atoms with Crippen LogP contribution in [0.15, 0.2) is 0 Å². The van der Waals surface area contributed by atoms with Gasteiger partial charge in [0.2, 0.25) is 0 Å². The summed E-state index contributed by atoms with van der Waals surface area (Å²) in [4.78, 5) is 12.4. The first-order valence-electron chi connectivity index (χ1n) is 9.02. The number of carbonyl (C=O) groups is 1. The number of alkyl halides is 4. The Morgan fingerprint density at radius 1 is 1.19 bits per heavy atom. The summed E-state index contributed by atoms with van der Waals surface area (Å²) in [7, 11) is -2.92. The largest absolute Gasteiger partial charge is 0.491 e. The van der Waals surface area contributed by atoms with E-state index >= 15 is 0 Å². The standard InChI is InChI=1S/C16H29F4N2O4S/c1-5-6-7-10-21(3,4)11-12-22(13(2)8-9-14(22)23)15(17,18)16(19,20)27(24,25)26/h13H,5-12H2,1-4H3/q+1/p+1. The smallest absolute Gasteiger partial charge is 0.324 e. The van der Waals surface area contributed by atoms with Crippen LogP contribution in [0, 0.1) is 0 Å². The van der Waals surface area contributed by atoms with Gasteiger partial charge in [0.25, 0.3) is 0 Å². The molecule has 1 aliphatic heterocycles. The van der Waals surface area contributed by atoms with Crippen LogP contribution in [-0.2, 0) is 14.9 Å². The SMILES string of the molecule is CCCCC[N+](C)(C)CC[N+]1(C(F)(F)C(F)(F)S(=O)(=O)O)C(=O)CCC1C. The van der Waals surface area contributed by atoms with Gasteiger partial charge in [0.15, 0.2) is 0 Å². The third-order valence-electron chi connectivity index (χ3n) is 5.57. The molecule has 160 valence electrons. The minimum atomic E-state index is -6.41. The molecule has 2 atom stereocenters. The van der Waals surface area contributed by atoms with E-state index in [2.05, 4.69) is 0 Å². The summed E-state index contributed by atoms with van der Waals surface area (Å²) in [5.41, 5.74) is 0.